The molecule has 0 aliphatic rings. The molecule has 94 heavy (non-hydrogen) atoms. The maximum atomic E-state index is 13.1. The van der Waals surface area contributed by atoms with Crippen molar-refractivity contribution in [2.45, 2.75) is 407 Å². The average molecular weight is 1380 g/mol. The molecule has 0 aliphatic heterocycles. The molecule has 0 saturated carbocycles. The van der Waals surface area contributed by atoms with Crippen molar-refractivity contribution in [2.24, 2.45) is 11.8 Å². The topological polar surface area (TPSA) is 237 Å². The number of aliphatic hydroxyl groups excluding tert-OH is 1. The first kappa shape index (κ1) is 92.1. The van der Waals surface area contributed by atoms with E-state index in [4.69, 9.17) is 37.0 Å². The zero-order chi connectivity index (χ0) is 69.3. The SMILES string of the molecule is CCCCCCCCCCCCCCCCCC(=O)OC[C@H](COP(=O)(O)OC[C@@H](O)COP(=O)(O)OC[C@@H](COC(=O)CCCCCCCCCCC)OC(=O)CCCCCCCCCCC(C)CC)OC(=O)CCCCCCCCCCCCCCCCC(C)CC. The van der Waals surface area contributed by atoms with E-state index in [0.29, 0.717) is 25.7 Å². The summed E-state index contributed by atoms with van der Waals surface area (Å²) in [5.41, 5.74) is 0. The first-order chi connectivity index (χ1) is 45.4. The van der Waals surface area contributed by atoms with E-state index in [1.807, 2.05) is 0 Å². The van der Waals surface area contributed by atoms with E-state index in [2.05, 4.69) is 41.5 Å². The molecule has 558 valence electrons. The van der Waals surface area contributed by atoms with Crippen LogP contribution in [0, 0.1) is 11.8 Å². The van der Waals surface area contributed by atoms with Crippen LogP contribution in [-0.2, 0) is 65.4 Å². The van der Waals surface area contributed by atoms with Crippen molar-refractivity contribution in [3.05, 3.63) is 0 Å². The Morgan fingerprint density at radius 1 is 0.298 bits per heavy atom. The maximum absolute atomic E-state index is 13.1. The molecule has 0 heterocycles. The number of hydrogen-bond donors (Lipinski definition) is 3. The third-order valence-corrected chi connectivity index (χ3v) is 20.1. The molecule has 3 N–H and O–H groups in total. The van der Waals surface area contributed by atoms with E-state index in [0.717, 1.165) is 102 Å². The molecule has 0 amide bonds. The summed E-state index contributed by atoms with van der Waals surface area (Å²) in [6.45, 7) is 9.63. The predicted molar refractivity (Wildman–Crippen MR) is 381 cm³/mol. The summed E-state index contributed by atoms with van der Waals surface area (Å²) < 4.78 is 68.5. The summed E-state index contributed by atoms with van der Waals surface area (Å²) >= 11 is 0. The number of esters is 4. The molecular weight excluding hydrogens is 1230 g/mol. The van der Waals surface area contributed by atoms with Gasteiger partial charge in [-0.1, -0.05) is 337 Å². The molecular formula is C75H146O17P2. The van der Waals surface area contributed by atoms with Crippen LogP contribution in [0.1, 0.15) is 388 Å². The van der Waals surface area contributed by atoms with Crippen LogP contribution >= 0.6 is 15.6 Å². The molecule has 19 heteroatoms. The zero-order valence-corrected chi connectivity index (χ0v) is 63.1. The molecule has 0 aromatic carbocycles. The summed E-state index contributed by atoms with van der Waals surface area (Å²) in [6.07, 6.45) is 53.9. The third kappa shape index (κ3) is 66.0. The van der Waals surface area contributed by atoms with Gasteiger partial charge in [0.1, 0.15) is 19.3 Å². The Balaban J connectivity index is 5.24. The largest absolute Gasteiger partial charge is 0.472 e. The second-order valence-electron chi connectivity index (χ2n) is 27.5. The van der Waals surface area contributed by atoms with Crippen molar-refractivity contribution < 1.29 is 80.2 Å². The van der Waals surface area contributed by atoms with Crippen molar-refractivity contribution in [1.29, 1.82) is 0 Å². The first-order valence-electron chi connectivity index (χ1n) is 39.1. The van der Waals surface area contributed by atoms with Gasteiger partial charge in [0.15, 0.2) is 12.2 Å². The van der Waals surface area contributed by atoms with E-state index in [-0.39, 0.29) is 25.7 Å². The second kappa shape index (κ2) is 66.9. The van der Waals surface area contributed by atoms with E-state index < -0.39 is 97.5 Å². The minimum absolute atomic E-state index is 0.105. The van der Waals surface area contributed by atoms with Gasteiger partial charge >= 0.3 is 39.5 Å². The lowest BCUT2D eigenvalue weighted by Crippen LogP contribution is -2.30. The molecule has 7 atom stereocenters. The lowest BCUT2D eigenvalue weighted by molar-refractivity contribution is -0.161. The van der Waals surface area contributed by atoms with Crippen LogP contribution in [0.3, 0.4) is 0 Å². The van der Waals surface area contributed by atoms with Crippen molar-refractivity contribution in [3.8, 4) is 0 Å². The van der Waals surface area contributed by atoms with Crippen molar-refractivity contribution in [1.82, 2.24) is 0 Å². The number of unbranched alkanes of at least 4 members (excludes halogenated alkanes) is 42. The van der Waals surface area contributed by atoms with Crippen molar-refractivity contribution in [2.75, 3.05) is 39.6 Å². The average Bonchev–Trinajstić information content (AvgIpc) is 2.20. The fourth-order valence-corrected chi connectivity index (χ4v) is 13.0. The van der Waals surface area contributed by atoms with Gasteiger partial charge in [0, 0.05) is 25.7 Å². The summed E-state index contributed by atoms with van der Waals surface area (Å²) in [5, 5.41) is 10.6. The Hall–Kier alpha value is -1.94. The van der Waals surface area contributed by atoms with Gasteiger partial charge in [-0.3, -0.25) is 37.3 Å². The second-order valence-corrected chi connectivity index (χ2v) is 30.4. The smallest absolute Gasteiger partial charge is 0.462 e. The van der Waals surface area contributed by atoms with Gasteiger partial charge in [-0.25, -0.2) is 9.13 Å². The molecule has 0 radical (unpaired) electrons. The van der Waals surface area contributed by atoms with Gasteiger partial charge in [-0.15, -0.1) is 0 Å². The highest BCUT2D eigenvalue weighted by Gasteiger charge is 2.30. The quantitative estimate of drug-likeness (QED) is 0.0222. The Labute approximate surface area is 575 Å². The van der Waals surface area contributed by atoms with E-state index >= 15 is 0 Å². The molecule has 0 rings (SSSR count). The number of phosphoric acid groups is 2. The fourth-order valence-electron chi connectivity index (χ4n) is 11.4. The summed E-state index contributed by atoms with van der Waals surface area (Å²) in [7, 11) is -9.91. The van der Waals surface area contributed by atoms with Crippen molar-refractivity contribution in [3.63, 3.8) is 0 Å². The highest BCUT2D eigenvalue weighted by atomic mass is 31.2. The number of ether oxygens (including phenoxy) is 4. The van der Waals surface area contributed by atoms with E-state index in [1.165, 1.54) is 205 Å². The molecule has 0 saturated heterocycles. The lowest BCUT2D eigenvalue weighted by Gasteiger charge is -2.21. The van der Waals surface area contributed by atoms with Gasteiger partial charge in [-0.05, 0) is 37.5 Å². The summed E-state index contributed by atoms with van der Waals surface area (Å²) in [4.78, 5) is 72.7. The number of rotatable bonds is 74. The zero-order valence-electron chi connectivity index (χ0n) is 61.3. The Bertz CT molecular complexity index is 1820. The molecule has 17 nitrogen and oxygen atoms in total. The number of carbonyl (C=O) groups is 4. The normalized spacial score (nSPS) is 14.6. The minimum atomic E-state index is -4.96. The van der Waals surface area contributed by atoms with Crippen LogP contribution in [0.25, 0.3) is 0 Å². The van der Waals surface area contributed by atoms with Crippen LogP contribution in [0.4, 0.5) is 0 Å². The van der Waals surface area contributed by atoms with Gasteiger partial charge < -0.3 is 33.8 Å². The van der Waals surface area contributed by atoms with Gasteiger partial charge in [0.25, 0.3) is 0 Å². The van der Waals surface area contributed by atoms with Crippen LogP contribution in [0.2, 0.25) is 0 Å². The first-order valence-corrected chi connectivity index (χ1v) is 42.1. The Morgan fingerprint density at radius 3 is 0.755 bits per heavy atom. The van der Waals surface area contributed by atoms with E-state index in [9.17, 15) is 43.2 Å². The van der Waals surface area contributed by atoms with Gasteiger partial charge in [0.05, 0.1) is 26.4 Å². The van der Waals surface area contributed by atoms with E-state index in [1.54, 1.807) is 0 Å². The van der Waals surface area contributed by atoms with Gasteiger partial charge in [0.2, 0.25) is 0 Å². The number of aliphatic hydroxyl groups is 1. The molecule has 0 aliphatic carbocycles. The molecule has 0 bridgehead atoms. The Kier molecular flexibility index (Phi) is 65.5. The standard InChI is InChI=1S/C75H146O17P2/c1-7-11-13-15-17-19-20-21-22-26-29-33-40-46-52-58-73(78)86-64-70(91-74(79)59-53-47-41-34-30-27-24-23-25-28-32-37-43-49-55-67(5)9-3)65-89-93(81,82)87-61-69(76)62-88-94(83,84)90-66-71(63-85-72(77)57-51-45-39-31-18-16-14-12-8-2)92-75(80)60-54-48-42-36-35-38-44-50-56-68(6)10-4/h67-71,76H,7-66H2,1-6H3,(H,81,82)(H,83,84)/t67?,68?,69-,70-,71-/m1/s1. The number of phosphoric ester groups is 2. The lowest BCUT2D eigenvalue weighted by atomic mass is 9.99. The fraction of sp³-hybridized carbons (Fsp3) is 0.947. The molecule has 0 spiro atoms. The monoisotopic (exact) mass is 1380 g/mol. The summed E-state index contributed by atoms with van der Waals surface area (Å²) in [6, 6.07) is 0. The third-order valence-electron chi connectivity index (χ3n) is 18.2. The molecule has 0 aromatic heterocycles. The van der Waals surface area contributed by atoms with Crippen LogP contribution < -0.4 is 0 Å². The molecule has 0 fully saturated rings. The van der Waals surface area contributed by atoms with Crippen molar-refractivity contribution >= 4 is 39.5 Å². The van der Waals surface area contributed by atoms with Crippen LogP contribution in [-0.4, -0.2) is 96.7 Å². The van der Waals surface area contributed by atoms with Crippen LogP contribution in [0.15, 0.2) is 0 Å². The number of carbonyl (C=O) groups excluding carboxylic acids is 4. The predicted octanol–water partition coefficient (Wildman–Crippen LogP) is 21.9. The Morgan fingerprint density at radius 2 is 0.511 bits per heavy atom. The molecule has 0 aromatic rings. The van der Waals surface area contributed by atoms with Gasteiger partial charge in [-0.2, -0.15) is 0 Å². The minimum Gasteiger partial charge on any atom is -0.462 e. The molecule has 4 unspecified atom stereocenters. The number of hydrogen-bond acceptors (Lipinski definition) is 15. The maximum Gasteiger partial charge on any atom is 0.472 e. The highest BCUT2D eigenvalue weighted by molar-refractivity contribution is 7.47. The van der Waals surface area contributed by atoms with Crippen LogP contribution in [0.5, 0.6) is 0 Å². The summed E-state index contributed by atoms with van der Waals surface area (Å²) in [5.74, 6) is -0.502. The highest BCUT2D eigenvalue weighted by Crippen LogP contribution is 2.45.